The Hall–Kier alpha value is -3.05. The monoisotopic (exact) mass is 405 g/mol. The number of para-hydroxylation sites is 1. The van der Waals surface area contributed by atoms with Gasteiger partial charge in [0.15, 0.2) is 0 Å². The molecule has 0 N–H and O–H groups in total. The summed E-state index contributed by atoms with van der Waals surface area (Å²) in [7, 11) is 3.33. The van der Waals surface area contributed by atoms with Gasteiger partial charge in [0.2, 0.25) is 11.8 Å². The molecule has 30 heavy (non-hydrogen) atoms. The molecule has 1 aliphatic carbocycles. The molecule has 0 saturated carbocycles. The van der Waals surface area contributed by atoms with E-state index in [1.807, 2.05) is 36.4 Å². The van der Waals surface area contributed by atoms with Gasteiger partial charge in [-0.25, -0.2) is 0 Å². The van der Waals surface area contributed by atoms with E-state index in [-0.39, 0.29) is 0 Å². The number of aromatic nitrogens is 1. The van der Waals surface area contributed by atoms with Gasteiger partial charge in [0.25, 0.3) is 0 Å². The quantitative estimate of drug-likeness (QED) is 0.476. The lowest BCUT2D eigenvalue weighted by molar-refractivity contribution is 0.146. The van der Waals surface area contributed by atoms with Crippen LogP contribution >= 0.6 is 0 Å². The molecule has 0 aliphatic heterocycles. The van der Waals surface area contributed by atoms with Gasteiger partial charge in [-0.1, -0.05) is 48.5 Å². The Bertz CT molecular complexity index is 988. The first-order valence-corrected chi connectivity index (χ1v) is 10.3. The second kappa shape index (κ2) is 9.63. The maximum Gasteiger partial charge on any atom is 0.224 e. The smallest absolute Gasteiger partial charge is 0.224 e. The van der Waals surface area contributed by atoms with Gasteiger partial charge in [0, 0.05) is 18.2 Å². The molecule has 0 saturated heterocycles. The number of ether oxygens (including phenoxy) is 4. The average Bonchev–Trinajstić information content (AvgIpc) is 3.28. The SMILES string of the molecule is COCCOc1ccccc1-c1c(OC)nc(OCc2ccccc2)c2c1CCC2. The van der Waals surface area contributed by atoms with Crippen LogP contribution in [0.25, 0.3) is 11.1 Å². The number of benzene rings is 2. The number of fused-ring (bicyclic) bond motifs is 1. The summed E-state index contributed by atoms with van der Waals surface area (Å²) < 4.78 is 23.0. The average molecular weight is 405 g/mol. The molecule has 0 atom stereocenters. The van der Waals surface area contributed by atoms with E-state index < -0.39 is 0 Å². The number of rotatable bonds is 9. The van der Waals surface area contributed by atoms with E-state index in [0.717, 1.165) is 41.7 Å². The van der Waals surface area contributed by atoms with Crippen LogP contribution in [0, 0.1) is 0 Å². The van der Waals surface area contributed by atoms with Crippen LogP contribution in [0.3, 0.4) is 0 Å². The summed E-state index contributed by atoms with van der Waals surface area (Å²) in [5.74, 6) is 2.05. The van der Waals surface area contributed by atoms with Crippen LogP contribution in [-0.2, 0) is 24.2 Å². The molecular formula is C25H27NO4. The maximum atomic E-state index is 6.14. The third kappa shape index (κ3) is 4.26. The predicted octanol–water partition coefficient (Wildman–Crippen LogP) is 4.85. The van der Waals surface area contributed by atoms with Gasteiger partial charge >= 0.3 is 0 Å². The summed E-state index contributed by atoms with van der Waals surface area (Å²) in [6, 6.07) is 18.2. The summed E-state index contributed by atoms with van der Waals surface area (Å²) in [5.41, 5.74) is 5.53. The predicted molar refractivity (Wildman–Crippen MR) is 116 cm³/mol. The molecule has 0 unspecified atom stereocenters. The lowest BCUT2D eigenvalue weighted by Crippen LogP contribution is -2.07. The Morgan fingerprint density at radius 3 is 2.37 bits per heavy atom. The molecule has 0 fully saturated rings. The fraction of sp³-hybridized carbons (Fsp3) is 0.320. The second-order valence-corrected chi connectivity index (χ2v) is 7.22. The molecule has 0 amide bonds. The minimum absolute atomic E-state index is 0.486. The lowest BCUT2D eigenvalue weighted by Gasteiger charge is -2.19. The van der Waals surface area contributed by atoms with Crippen molar-refractivity contribution in [3.63, 3.8) is 0 Å². The van der Waals surface area contributed by atoms with Crippen LogP contribution in [0.15, 0.2) is 54.6 Å². The van der Waals surface area contributed by atoms with Gasteiger partial charge in [-0.3, -0.25) is 0 Å². The minimum Gasteiger partial charge on any atom is -0.491 e. The van der Waals surface area contributed by atoms with Gasteiger partial charge in [-0.05, 0) is 36.5 Å². The number of hydrogen-bond acceptors (Lipinski definition) is 5. The van der Waals surface area contributed by atoms with Gasteiger partial charge in [-0.15, -0.1) is 0 Å². The number of methoxy groups -OCH3 is 2. The van der Waals surface area contributed by atoms with Gasteiger partial charge in [-0.2, -0.15) is 4.98 Å². The lowest BCUT2D eigenvalue weighted by atomic mass is 9.97. The van der Waals surface area contributed by atoms with E-state index in [2.05, 4.69) is 18.2 Å². The highest BCUT2D eigenvalue weighted by atomic mass is 16.5. The first-order valence-electron chi connectivity index (χ1n) is 10.3. The van der Waals surface area contributed by atoms with Crippen molar-refractivity contribution in [1.29, 1.82) is 0 Å². The largest absolute Gasteiger partial charge is 0.491 e. The van der Waals surface area contributed by atoms with E-state index in [1.165, 1.54) is 11.1 Å². The molecule has 0 bridgehead atoms. The van der Waals surface area contributed by atoms with Gasteiger partial charge in [0.1, 0.15) is 19.0 Å². The highest BCUT2D eigenvalue weighted by molar-refractivity contribution is 5.79. The Labute approximate surface area is 177 Å². The first-order chi connectivity index (χ1) is 14.8. The minimum atomic E-state index is 0.486. The molecule has 5 heteroatoms. The van der Waals surface area contributed by atoms with Gasteiger partial charge < -0.3 is 18.9 Å². The van der Waals surface area contributed by atoms with E-state index >= 15 is 0 Å². The van der Waals surface area contributed by atoms with Crippen molar-refractivity contribution in [2.45, 2.75) is 25.9 Å². The van der Waals surface area contributed by atoms with E-state index in [9.17, 15) is 0 Å². The Morgan fingerprint density at radius 1 is 0.800 bits per heavy atom. The van der Waals surface area contributed by atoms with E-state index in [1.54, 1.807) is 14.2 Å². The molecule has 1 heterocycles. The zero-order valence-corrected chi connectivity index (χ0v) is 17.5. The third-order valence-electron chi connectivity index (χ3n) is 5.31. The molecular weight excluding hydrogens is 378 g/mol. The molecule has 1 aliphatic rings. The van der Waals surface area contributed by atoms with Crippen LogP contribution < -0.4 is 14.2 Å². The summed E-state index contributed by atoms with van der Waals surface area (Å²) in [6.07, 6.45) is 3.00. The van der Waals surface area contributed by atoms with E-state index in [0.29, 0.717) is 31.6 Å². The fourth-order valence-electron chi connectivity index (χ4n) is 3.91. The van der Waals surface area contributed by atoms with Crippen molar-refractivity contribution in [2.75, 3.05) is 27.4 Å². The molecule has 5 nitrogen and oxygen atoms in total. The van der Waals surface area contributed by atoms with Crippen LogP contribution in [-0.4, -0.2) is 32.4 Å². The number of nitrogens with zero attached hydrogens (tertiary/aromatic N) is 1. The highest BCUT2D eigenvalue weighted by Crippen LogP contribution is 2.45. The first kappa shape index (κ1) is 20.2. The molecule has 3 aromatic rings. The van der Waals surface area contributed by atoms with Crippen molar-refractivity contribution in [3.8, 4) is 28.6 Å². The van der Waals surface area contributed by atoms with Crippen LogP contribution in [0.1, 0.15) is 23.1 Å². The zero-order valence-electron chi connectivity index (χ0n) is 17.5. The Balaban J connectivity index is 1.71. The zero-order chi connectivity index (χ0) is 20.8. The maximum absolute atomic E-state index is 6.14. The van der Waals surface area contributed by atoms with Crippen LogP contribution in [0.5, 0.6) is 17.5 Å². The normalized spacial score (nSPS) is 12.5. The topological polar surface area (TPSA) is 49.8 Å². The second-order valence-electron chi connectivity index (χ2n) is 7.22. The van der Waals surface area contributed by atoms with Crippen molar-refractivity contribution < 1.29 is 18.9 Å². The molecule has 0 radical (unpaired) electrons. The van der Waals surface area contributed by atoms with Crippen molar-refractivity contribution in [1.82, 2.24) is 4.98 Å². The van der Waals surface area contributed by atoms with Gasteiger partial charge in [0.05, 0.1) is 19.3 Å². The molecule has 2 aromatic carbocycles. The standard InChI is InChI=1S/C25H27NO4/c1-27-15-16-29-22-14-7-6-11-21(22)23-19-12-8-13-20(19)24(26-25(23)28-2)30-17-18-9-4-3-5-10-18/h3-7,9-11,14H,8,12-13,15-17H2,1-2H3. The molecule has 0 spiro atoms. The number of hydrogen-bond donors (Lipinski definition) is 0. The van der Waals surface area contributed by atoms with E-state index in [4.69, 9.17) is 23.9 Å². The Morgan fingerprint density at radius 2 is 1.57 bits per heavy atom. The fourth-order valence-corrected chi connectivity index (χ4v) is 3.91. The summed E-state index contributed by atoms with van der Waals surface area (Å²) in [4.78, 5) is 4.77. The van der Waals surface area contributed by atoms with Crippen LogP contribution in [0.2, 0.25) is 0 Å². The summed E-state index contributed by atoms with van der Waals surface area (Å²) >= 11 is 0. The van der Waals surface area contributed by atoms with Crippen LogP contribution in [0.4, 0.5) is 0 Å². The summed E-state index contributed by atoms with van der Waals surface area (Å²) in [6.45, 7) is 1.51. The van der Waals surface area contributed by atoms with Crippen molar-refractivity contribution >= 4 is 0 Å². The van der Waals surface area contributed by atoms with Crippen molar-refractivity contribution in [3.05, 3.63) is 71.3 Å². The highest BCUT2D eigenvalue weighted by Gasteiger charge is 2.27. The molecule has 4 rings (SSSR count). The molecule has 1 aromatic heterocycles. The van der Waals surface area contributed by atoms with Crippen molar-refractivity contribution in [2.24, 2.45) is 0 Å². The summed E-state index contributed by atoms with van der Waals surface area (Å²) in [5, 5.41) is 0. The Kier molecular flexibility index (Phi) is 6.50. The number of pyridine rings is 1. The molecule has 156 valence electrons. The third-order valence-corrected chi connectivity index (χ3v) is 5.31.